The second-order valence-electron chi connectivity index (χ2n) is 3.92. The first kappa shape index (κ1) is 16.9. The van der Waals surface area contributed by atoms with Gasteiger partial charge in [0.05, 0.1) is 18.1 Å². The molecule has 0 heterocycles. The summed E-state index contributed by atoms with van der Waals surface area (Å²) in [4.78, 5) is 33.4. The third-order valence-electron chi connectivity index (χ3n) is 2.45. The van der Waals surface area contributed by atoms with Gasteiger partial charge in [-0.25, -0.2) is 0 Å². The minimum absolute atomic E-state index is 0.141. The molecule has 0 aliphatic rings. The van der Waals surface area contributed by atoms with Crippen LogP contribution in [0, 0.1) is 10.1 Å². The lowest BCUT2D eigenvalue weighted by Gasteiger charge is -2.07. The average molecular weight is 316 g/mol. The number of rotatable bonds is 7. The molecule has 8 nitrogen and oxygen atoms in total. The van der Waals surface area contributed by atoms with E-state index in [0.29, 0.717) is 13.2 Å². The third kappa shape index (κ3) is 5.01. The highest BCUT2D eigenvalue weighted by atomic mass is 35.5. The number of carbonyl (C=O) groups excluding carboxylic acids is 2. The van der Waals surface area contributed by atoms with Crippen molar-refractivity contribution in [3.63, 3.8) is 0 Å². The van der Waals surface area contributed by atoms with E-state index in [1.165, 1.54) is 25.3 Å². The van der Waals surface area contributed by atoms with E-state index in [4.69, 9.17) is 16.3 Å². The normalized spacial score (nSPS) is 10.0. The van der Waals surface area contributed by atoms with Gasteiger partial charge in [-0.15, -0.1) is 0 Å². The van der Waals surface area contributed by atoms with E-state index < -0.39 is 22.4 Å². The van der Waals surface area contributed by atoms with E-state index in [9.17, 15) is 19.7 Å². The molecule has 0 aliphatic heterocycles. The zero-order valence-electron chi connectivity index (χ0n) is 11.2. The number of nitro groups is 1. The molecule has 0 unspecified atom stereocenters. The van der Waals surface area contributed by atoms with Crippen LogP contribution in [0.15, 0.2) is 18.2 Å². The molecule has 0 aliphatic carbocycles. The Kier molecular flexibility index (Phi) is 6.57. The second kappa shape index (κ2) is 8.18. The smallest absolute Gasteiger partial charge is 0.300 e. The van der Waals surface area contributed by atoms with E-state index in [2.05, 4.69) is 10.6 Å². The summed E-state index contributed by atoms with van der Waals surface area (Å²) in [6.45, 7) is 0.355. The number of methoxy groups -OCH3 is 1. The van der Waals surface area contributed by atoms with Crippen LogP contribution in [0.25, 0.3) is 0 Å². The Morgan fingerprint density at radius 1 is 1.38 bits per heavy atom. The number of halogens is 1. The number of amides is 2. The van der Waals surface area contributed by atoms with Gasteiger partial charge in [-0.3, -0.25) is 19.7 Å². The highest BCUT2D eigenvalue weighted by Gasteiger charge is 2.23. The molecule has 21 heavy (non-hydrogen) atoms. The number of hydrogen-bond acceptors (Lipinski definition) is 5. The standard InChI is InChI=1S/C12H14ClN3O5/c1-21-6-5-14-10(17)7-15-12(18)8-3-2-4-9(13)11(8)16(19)20/h2-4H,5-7H2,1H3,(H,14,17)(H,15,18). The maximum absolute atomic E-state index is 11.9. The molecule has 1 aromatic carbocycles. The largest absolute Gasteiger partial charge is 0.383 e. The topological polar surface area (TPSA) is 111 Å². The number of nitro benzene ring substituents is 1. The number of carbonyl (C=O) groups is 2. The maximum Gasteiger partial charge on any atom is 0.300 e. The Hall–Kier alpha value is -2.19. The molecule has 0 saturated carbocycles. The first-order valence-corrected chi connectivity index (χ1v) is 6.32. The zero-order valence-corrected chi connectivity index (χ0v) is 12.0. The molecule has 1 aromatic rings. The summed E-state index contributed by atoms with van der Waals surface area (Å²) < 4.78 is 4.75. The lowest BCUT2D eigenvalue weighted by molar-refractivity contribution is -0.385. The molecular weight excluding hydrogens is 302 g/mol. The van der Waals surface area contributed by atoms with Crippen LogP contribution in [0.1, 0.15) is 10.4 Å². The Morgan fingerprint density at radius 2 is 2.10 bits per heavy atom. The first-order valence-electron chi connectivity index (χ1n) is 5.94. The minimum Gasteiger partial charge on any atom is -0.383 e. The molecule has 0 radical (unpaired) electrons. The van der Waals surface area contributed by atoms with Gasteiger partial charge in [0.25, 0.3) is 5.91 Å². The zero-order chi connectivity index (χ0) is 15.8. The van der Waals surface area contributed by atoms with Crippen molar-refractivity contribution in [2.75, 3.05) is 26.8 Å². The van der Waals surface area contributed by atoms with Crippen molar-refractivity contribution in [1.29, 1.82) is 0 Å². The fourth-order valence-corrected chi connectivity index (χ4v) is 1.74. The van der Waals surface area contributed by atoms with Crippen molar-refractivity contribution in [3.8, 4) is 0 Å². The Labute approximate surface area is 125 Å². The summed E-state index contributed by atoms with van der Waals surface area (Å²) in [7, 11) is 1.49. The van der Waals surface area contributed by atoms with E-state index in [1.807, 2.05) is 0 Å². The van der Waals surface area contributed by atoms with Crippen LogP contribution < -0.4 is 10.6 Å². The Balaban J connectivity index is 2.67. The van der Waals surface area contributed by atoms with Gasteiger partial charge < -0.3 is 15.4 Å². The van der Waals surface area contributed by atoms with Crippen molar-refractivity contribution in [3.05, 3.63) is 38.9 Å². The van der Waals surface area contributed by atoms with Crippen LogP contribution in [-0.2, 0) is 9.53 Å². The molecule has 0 saturated heterocycles. The quantitative estimate of drug-likeness (QED) is 0.438. The Bertz CT molecular complexity index is 550. The lowest BCUT2D eigenvalue weighted by atomic mass is 10.1. The van der Waals surface area contributed by atoms with Gasteiger partial charge in [-0.2, -0.15) is 0 Å². The minimum atomic E-state index is -0.744. The SMILES string of the molecule is COCCNC(=O)CNC(=O)c1cccc(Cl)c1[N+](=O)[O-]. The summed E-state index contributed by atoms with van der Waals surface area (Å²) in [5.74, 6) is -1.17. The van der Waals surface area contributed by atoms with E-state index in [1.54, 1.807) is 0 Å². The third-order valence-corrected chi connectivity index (χ3v) is 2.76. The molecule has 0 aromatic heterocycles. The summed E-state index contributed by atoms with van der Waals surface area (Å²) in [5.41, 5.74) is -0.686. The van der Waals surface area contributed by atoms with Crippen LogP contribution in [0.2, 0.25) is 5.02 Å². The van der Waals surface area contributed by atoms with E-state index in [-0.39, 0.29) is 17.1 Å². The van der Waals surface area contributed by atoms with Crippen LogP contribution in [0.5, 0.6) is 0 Å². The molecule has 2 N–H and O–H groups in total. The van der Waals surface area contributed by atoms with Crippen molar-refractivity contribution >= 4 is 29.1 Å². The monoisotopic (exact) mass is 315 g/mol. The predicted octanol–water partition coefficient (Wildman–Crippen LogP) is 0.741. The second-order valence-corrected chi connectivity index (χ2v) is 4.33. The molecule has 0 fully saturated rings. The fraction of sp³-hybridized carbons (Fsp3) is 0.333. The highest BCUT2D eigenvalue weighted by molar-refractivity contribution is 6.33. The van der Waals surface area contributed by atoms with Gasteiger partial charge in [0, 0.05) is 13.7 Å². The predicted molar refractivity (Wildman–Crippen MR) is 75.3 cm³/mol. The number of hydrogen-bond donors (Lipinski definition) is 2. The molecule has 2 amide bonds. The van der Waals surface area contributed by atoms with Gasteiger partial charge in [-0.05, 0) is 12.1 Å². The van der Waals surface area contributed by atoms with Gasteiger partial charge >= 0.3 is 5.69 Å². The van der Waals surface area contributed by atoms with Gasteiger partial charge in [-0.1, -0.05) is 17.7 Å². The van der Waals surface area contributed by atoms with Crippen LogP contribution in [0.4, 0.5) is 5.69 Å². The molecule has 1 rings (SSSR count). The number of benzene rings is 1. The number of nitrogens with one attached hydrogen (secondary N) is 2. The van der Waals surface area contributed by atoms with Gasteiger partial charge in [0.15, 0.2) is 0 Å². The van der Waals surface area contributed by atoms with Crippen LogP contribution >= 0.6 is 11.6 Å². The summed E-state index contributed by atoms with van der Waals surface area (Å²) in [6, 6.07) is 4.00. The average Bonchev–Trinajstić information content (AvgIpc) is 2.44. The van der Waals surface area contributed by atoms with Gasteiger partial charge in [0.1, 0.15) is 10.6 Å². The van der Waals surface area contributed by atoms with E-state index >= 15 is 0 Å². The molecule has 114 valence electrons. The van der Waals surface area contributed by atoms with Crippen molar-refractivity contribution in [2.24, 2.45) is 0 Å². The van der Waals surface area contributed by atoms with Gasteiger partial charge in [0.2, 0.25) is 5.91 Å². The van der Waals surface area contributed by atoms with Crippen molar-refractivity contribution < 1.29 is 19.2 Å². The highest BCUT2D eigenvalue weighted by Crippen LogP contribution is 2.27. The fourth-order valence-electron chi connectivity index (χ4n) is 1.49. The van der Waals surface area contributed by atoms with Crippen LogP contribution in [0.3, 0.4) is 0 Å². The molecule has 9 heteroatoms. The number of para-hydroxylation sites is 1. The molecule has 0 spiro atoms. The first-order chi connectivity index (χ1) is 9.97. The summed E-state index contributed by atoms with van der Waals surface area (Å²) in [5, 5.41) is 15.6. The Morgan fingerprint density at radius 3 is 2.71 bits per heavy atom. The molecule has 0 atom stereocenters. The van der Waals surface area contributed by atoms with Crippen LogP contribution in [-0.4, -0.2) is 43.5 Å². The molecular formula is C12H14ClN3O5. The summed E-state index contributed by atoms with van der Waals surface area (Å²) >= 11 is 5.70. The van der Waals surface area contributed by atoms with E-state index in [0.717, 1.165) is 0 Å². The summed E-state index contributed by atoms with van der Waals surface area (Å²) in [6.07, 6.45) is 0. The lowest BCUT2D eigenvalue weighted by Crippen LogP contribution is -2.38. The number of ether oxygens (including phenoxy) is 1. The molecule has 0 bridgehead atoms. The number of nitrogens with zero attached hydrogens (tertiary/aromatic N) is 1. The van der Waals surface area contributed by atoms with Crippen molar-refractivity contribution in [1.82, 2.24) is 10.6 Å². The maximum atomic E-state index is 11.9. The van der Waals surface area contributed by atoms with Crippen molar-refractivity contribution in [2.45, 2.75) is 0 Å².